The van der Waals surface area contributed by atoms with E-state index in [2.05, 4.69) is 15.3 Å². The number of hydrogen-bond donors (Lipinski definition) is 2. The largest absolute Gasteiger partial charge is 0.463 e. The van der Waals surface area contributed by atoms with Crippen LogP contribution in [0.4, 0.5) is 16.6 Å². The molecule has 2 rings (SSSR count). The summed E-state index contributed by atoms with van der Waals surface area (Å²) >= 11 is 0. The highest BCUT2D eigenvalue weighted by atomic mass is 16.6. The zero-order valence-electron chi connectivity index (χ0n) is 17.8. The van der Waals surface area contributed by atoms with Crippen molar-refractivity contribution < 1.29 is 19.1 Å². The first-order valence-electron chi connectivity index (χ1n) is 9.82. The summed E-state index contributed by atoms with van der Waals surface area (Å²) in [5.74, 6) is 0.288. The molecule has 9 heteroatoms. The fraction of sp³-hybridized carbons (Fsp3) is 0.600. The highest BCUT2D eigenvalue weighted by Crippen LogP contribution is 2.23. The van der Waals surface area contributed by atoms with Crippen molar-refractivity contribution in [2.24, 2.45) is 0 Å². The van der Waals surface area contributed by atoms with E-state index in [4.69, 9.17) is 15.2 Å². The Labute approximate surface area is 171 Å². The number of nitrogen functional groups attached to an aromatic ring is 1. The lowest BCUT2D eigenvalue weighted by Gasteiger charge is -2.34. The number of carbonyl (C=O) groups is 2. The molecular weight excluding hydrogens is 374 g/mol. The van der Waals surface area contributed by atoms with Crippen molar-refractivity contribution in [3.05, 3.63) is 17.3 Å². The molecule has 0 saturated carbocycles. The van der Waals surface area contributed by atoms with Crippen LogP contribution < -0.4 is 11.1 Å². The molecule has 1 aliphatic heterocycles. The van der Waals surface area contributed by atoms with Crippen LogP contribution in [-0.2, 0) is 14.3 Å². The van der Waals surface area contributed by atoms with Crippen LogP contribution in [0.3, 0.4) is 0 Å². The number of nitrogens with zero attached hydrogens (tertiary/aromatic N) is 3. The van der Waals surface area contributed by atoms with Crippen molar-refractivity contribution in [2.45, 2.75) is 59.1 Å². The maximum Gasteiger partial charge on any atom is 0.410 e. The summed E-state index contributed by atoms with van der Waals surface area (Å²) in [5, 5.41) is 3.38. The van der Waals surface area contributed by atoms with Gasteiger partial charge in [-0.2, -0.15) is 4.98 Å². The van der Waals surface area contributed by atoms with E-state index >= 15 is 0 Å². The van der Waals surface area contributed by atoms with Gasteiger partial charge in [0.25, 0.3) is 0 Å². The number of nitrogens with two attached hydrogens (primary N) is 1. The van der Waals surface area contributed by atoms with Gasteiger partial charge in [-0.3, -0.25) is 0 Å². The van der Waals surface area contributed by atoms with E-state index in [-0.39, 0.29) is 18.1 Å². The Balaban J connectivity index is 2.05. The van der Waals surface area contributed by atoms with E-state index in [1.165, 1.54) is 6.08 Å². The third-order valence-electron chi connectivity index (χ3n) is 4.31. The number of anilines is 2. The number of aromatic nitrogens is 2. The number of carbonyl (C=O) groups excluding carboxylic acids is 2. The number of esters is 1. The minimum Gasteiger partial charge on any atom is -0.463 e. The third-order valence-corrected chi connectivity index (χ3v) is 4.31. The van der Waals surface area contributed by atoms with E-state index < -0.39 is 11.6 Å². The molecule has 0 radical (unpaired) electrons. The fourth-order valence-corrected chi connectivity index (χ4v) is 2.98. The molecular formula is C20H31N5O4. The van der Waals surface area contributed by atoms with Crippen LogP contribution in [0.2, 0.25) is 0 Å². The van der Waals surface area contributed by atoms with Crippen LogP contribution in [0.25, 0.3) is 6.08 Å². The van der Waals surface area contributed by atoms with Crippen LogP contribution in [0.1, 0.15) is 51.8 Å². The Bertz CT molecular complexity index is 765. The van der Waals surface area contributed by atoms with Crippen LogP contribution in [0.5, 0.6) is 0 Å². The molecule has 160 valence electrons. The highest BCUT2D eigenvalue weighted by molar-refractivity contribution is 5.88. The number of aryl methyl sites for hydroxylation is 1. The Morgan fingerprint density at radius 1 is 1.28 bits per heavy atom. The first kappa shape index (κ1) is 22.4. The lowest BCUT2D eigenvalue weighted by atomic mass is 10.0. The number of rotatable bonds is 5. The summed E-state index contributed by atoms with van der Waals surface area (Å²) in [6.45, 7) is 10.6. The van der Waals surface area contributed by atoms with Gasteiger partial charge < -0.3 is 25.4 Å². The van der Waals surface area contributed by atoms with Crippen molar-refractivity contribution in [1.82, 2.24) is 14.9 Å². The molecule has 0 bridgehead atoms. The number of amides is 1. The molecule has 29 heavy (non-hydrogen) atoms. The standard InChI is InChI=1S/C20H31N5O4/c1-6-28-16(26)8-7-15-13(2)22-18(21)24-17(15)23-14-9-11-25(12-10-14)19(27)29-20(3,4)5/h7-8,14H,6,9-12H2,1-5H3,(H3,21,22,23,24)/b8-7+. The van der Waals surface area contributed by atoms with Crippen molar-refractivity contribution in [3.63, 3.8) is 0 Å². The van der Waals surface area contributed by atoms with Gasteiger partial charge in [-0.05, 0) is 53.5 Å². The van der Waals surface area contributed by atoms with Gasteiger partial charge in [0.1, 0.15) is 11.4 Å². The molecule has 1 aromatic heterocycles. The van der Waals surface area contributed by atoms with E-state index in [0.717, 1.165) is 12.8 Å². The summed E-state index contributed by atoms with van der Waals surface area (Å²) in [4.78, 5) is 34.1. The summed E-state index contributed by atoms with van der Waals surface area (Å²) in [7, 11) is 0. The van der Waals surface area contributed by atoms with Crippen molar-refractivity contribution in [2.75, 3.05) is 30.7 Å². The first-order chi connectivity index (χ1) is 13.6. The summed E-state index contributed by atoms with van der Waals surface area (Å²) in [5.41, 5.74) is 6.64. The summed E-state index contributed by atoms with van der Waals surface area (Å²) in [6, 6.07) is 0.108. The first-order valence-corrected chi connectivity index (χ1v) is 9.82. The number of likely N-dealkylation sites (tertiary alicyclic amines) is 1. The molecule has 1 saturated heterocycles. The minimum atomic E-state index is -0.512. The number of nitrogens with one attached hydrogen (secondary N) is 1. The van der Waals surface area contributed by atoms with Gasteiger partial charge in [0, 0.05) is 30.8 Å². The quantitative estimate of drug-likeness (QED) is 0.567. The molecule has 2 heterocycles. The molecule has 0 aliphatic carbocycles. The molecule has 0 unspecified atom stereocenters. The predicted octanol–water partition coefficient (Wildman–Crippen LogP) is 2.75. The smallest absolute Gasteiger partial charge is 0.410 e. The lowest BCUT2D eigenvalue weighted by Crippen LogP contribution is -2.44. The van der Waals surface area contributed by atoms with E-state index in [1.54, 1.807) is 24.8 Å². The topological polar surface area (TPSA) is 120 Å². The lowest BCUT2D eigenvalue weighted by molar-refractivity contribution is -0.137. The van der Waals surface area contributed by atoms with Gasteiger partial charge in [-0.1, -0.05) is 0 Å². The van der Waals surface area contributed by atoms with Crippen molar-refractivity contribution in [3.8, 4) is 0 Å². The molecule has 0 spiro atoms. The predicted molar refractivity (Wildman–Crippen MR) is 111 cm³/mol. The molecule has 1 aromatic rings. The fourth-order valence-electron chi connectivity index (χ4n) is 2.98. The zero-order valence-corrected chi connectivity index (χ0v) is 17.8. The molecule has 1 aliphatic rings. The van der Waals surface area contributed by atoms with Crippen LogP contribution in [0.15, 0.2) is 6.08 Å². The second kappa shape index (κ2) is 9.58. The summed E-state index contributed by atoms with van der Waals surface area (Å²) < 4.78 is 10.4. The molecule has 1 amide bonds. The average Bonchev–Trinajstić information content (AvgIpc) is 2.60. The second-order valence-corrected chi connectivity index (χ2v) is 7.90. The van der Waals surface area contributed by atoms with Crippen LogP contribution in [-0.4, -0.2) is 58.3 Å². The maximum absolute atomic E-state index is 12.2. The van der Waals surface area contributed by atoms with E-state index in [1.807, 2.05) is 20.8 Å². The zero-order chi connectivity index (χ0) is 21.6. The van der Waals surface area contributed by atoms with Crippen molar-refractivity contribution in [1.29, 1.82) is 0 Å². The van der Waals surface area contributed by atoms with Gasteiger partial charge in [0.15, 0.2) is 0 Å². The Hall–Kier alpha value is -2.84. The molecule has 1 fully saturated rings. The average molecular weight is 405 g/mol. The van der Waals surface area contributed by atoms with E-state index in [9.17, 15) is 9.59 Å². The maximum atomic E-state index is 12.2. The summed E-state index contributed by atoms with van der Waals surface area (Å²) in [6.07, 6.45) is 4.16. The normalized spacial score (nSPS) is 15.4. The molecule has 0 atom stereocenters. The second-order valence-electron chi connectivity index (χ2n) is 7.90. The monoisotopic (exact) mass is 405 g/mol. The molecule has 0 aromatic carbocycles. The molecule has 9 nitrogen and oxygen atoms in total. The van der Waals surface area contributed by atoms with Gasteiger partial charge in [-0.15, -0.1) is 0 Å². The minimum absolute atomic E-state index is 0.108. The number of piperidine rings is 1. The third kappa shape index (κ3) is 6.92. The Morgan fingerprint density at radius 3 is 2.52 bits per heavy atom. The van der Waals surface area contributed by atoms with Gasteiger partial charge in [0.2, 0.25) is 5.95 Å². The number of hydrogen-bond acceptors (Lipinski definition) is 8. The Kier molecular flexibility index (Phi) is 7.41. The number of ether oxygens (including phenoxy) is 2. The van der Waals surface area contributed by atoms with Gasteiger partial charge >= 0.3 is 12.1 Å². The van der Waals surface area contributed by atoms with Crippen LogP contribution in [0, 0.1) is 6.92 Å². The van der Waals surface area contributed by atoms with Gasteiger partial charge in [-0.25, -0.2) is 14.6 Å². The van der Waals surface area contributed by atoms with E-state index in [0.29, 0.717) is 36.8 Å². The Morgan fingerprint density at radius 2 is 1.93 bits per heavy atom. The van der Waals surface area contributed by atoms with Gasteiger partial charge in [0.05, 0.1) is 12.3 Å². The molecule has 3 N–H and O–H groups in total. The SMILES string of the molecule is CCOC(=O)/C=C/c1c(C)nc(N)nc1NC1CCN(C(=O)OC(C)(C)C)CC1. The van der Waals surface area contributed by atoms with Crippen molar-refractivity contribution >= 4 is 29.9 Å². The highest BCUT2D eigenvalue weighted by Gasteiger charge is 2.27. The van der Waals surface area contributed by atoms with Crippen LogP contribution >= 0.6 is 0 Å².